The average Bonchev–Trinajstić information content (AvgIpc) is 4.01. The molecule has 2 aliphatic rings. The van der Waals surface area contributed by atoms with E-state index in [1.807, 2.05) is 6.07 Å². The van der Waals surface area contributed by atoms with E-state index >= 15 is 0 Å². The smallest absolute Gasteiger partial charge is 0.656 e. The van der Waals surface area contributed by atoms with Crippen LogP contribution in [0.3, 0.4) is 0 Å². The Morgan fingerprint density at radius 2 is 0.677 bits per heavy atom. The second-order valence-electron chi connectivity index (χ2n) is 16.9. The number of benzene rings is 4. The molecule has 0 spiro atoms. The van der Waals surface area contributed by atoms with E-state index in [4.69, 9.17) is 9.97 Å². The van der Waals surface area contributed by atoms with Crippen molar-refractivity contribution in [3.05, 3.63) is 158 Å². The first-order valence-corrected chi connectivity index (χ1v) is 22.2. The molecule has 0 unspecified atom stereocenters. The number of aryl methyl sites for hydroxylation is 9. The molecule has 2 aliphatic heterocycles. The summed E-state index contributed by atoms with van der Waals surface area (Å²) in [6.07, 6.45) is 8.52. The third kappa shape index (κ3) is 7.65. The fourth-order valence-electron chi connectivity index (χ4n) is 9.84. The van der Waals surface area contributed by atoms with E-state index in [0.29, 0.717) is 0 Å². The molecule has 0 aliphatic carbocycles. The molecular weight excluding hydrogens is 796 g/mol. The minimum absolute atomic E-state index is 0. The monoisotopic (exact) mass is 844 g/mol. The molecule has 0 fully saturated rings. The molecule has 0 radical (unpaired) electrons. The van der Waals surface area contributed by atoms with Crippen molar-refractivity contribution < 1.29 is 24.3 Å². The Balaban J connectivity index is 0.00000529. The first-order chi connectivity index (χ1) is 29.0. The minimum Gasteiger partial charge on any atom is -0.656 e. The van der Waals surface area contributed by atoms with Crippen LogP contribution in [-0.2, 0) is 4.57 Å². The SMILES string of the molecule is Cc1cc(C)c(-c2c3[nH+]c(c(-c4ccc(P(=O)(O)O)cc4)c4ccc([n-]4)c(-c4c(C)cc(C)cc4C)c4[nH+]c(c(-c5c(C)cc(C)cc5C)c5ccc2[n-]5)C=C4)C=C3)c(C)c1.[Mg+2]. The third-order valence-corrected chi connectivity index (χ3v) is 13.0. The van der Waals surface area contributed by atoms with Crippen molar-refractivity contribution in [3.63, 3.8) is 0 Å². The standard InChI is InChI=1S/C53H47N4O3P.Mg/c1-28-22-31(4)47(32(5)23-28)51-41-16-14-39(54-41)50(37-10-12-38(13-11-37)61(58,59)60)40-15-17-42(55-40)52(48-33(6)24-29(2)25-34(48)7)44-19-21-46(57-44)53(45-20-18-43(51)56-45)49-35(8)26-30(3)27-36(49)9;/h10-27H,1-9H3,(H2,58,59,60);/q-2;+2/p+2. The Labute approximate surface area is 379 Å². The predicted molar refractivity (Wildman–Crippen MR) is 256 cm³/mol. The van der Waals surface area contributed by atoms with Crippen LogP contribution in [0, 0.1) is 62.3 Å². The first-order valence-electron chi connectivity index (χ1n) is 20.6. The van der Waals surface area contributed by atoms with Crippen LogP contribution < -0.4 is 25.2 Å². The molecule has 0 amide bonds. The molecule has 4 aromatic carbocycles. The van der Waals surface area contributed by atoms with E-state index in [-0.39, 0.29) is 28.4 Å². The number of rotatable bonds is 5. The normalized spacial score (nSPS) is 12.2. The molecule has 62 heavy (non-hydrogen) atoms. The molecule has 0 saturated heterocycles. The predicted octanol–water partition coefficient (Wildman–Crippen LogP) is 10.6. The second kappa shape index (κ2) is 16.3. The van der Waals surface area contributed by atoms with Crippen LogP contribution in [0.15, 0.2) is 84.9 Å². The van der Waals surface area contributed by atoms with Gasteiger partial charge in [0.1, 0.15) is 0 Å². The van der Waals surface area contributed by atoms with E-state index in [0.717, 1.165) is 112 Å². The summed E-state index contributed by atoms with van der Waals surface area (Å²) in [4.78, 5) is 38.8. The van der Waals surface area contributed by atoms with Crippen LogP contribution in [0.4, 0.5) is 0 Å². The van der Waals surface area contributed by atoms with E-state index in [1.165, 1.54) is 39.9 Å². The molecular formula is C53H49MgN4O3P+2. The van der Waals surface area contributed by atoms with Crippen LogP contribution >= 0.6 is 7.60 Å². The van der Waals surface area contributed by atoms with E-state index < -0.39 is 7.60 Å². The third-order valence-electron chi connectivity index (χ3n) is 12.0. The second-order valence-corrected chi connectivity index (χ2v) is 18.5. The maximum absolute atomic E-state index is 12.3. The zero-order valence-corrected chi connectivity index (χ0v) is 39.1. The Kier molecular flexibility index (Phi) is 11.3. The van der Waals surface area contributed by atoms with E-state index in [1.54, 1.807) is 12.1 Å². The molecule has 0 atom stereocenters. The van der Waals surface area contributed by atoms with Crippen molar-refractivity contribution in [2.24, 2.45) is 0 Å². The Hall–Kier alpha value is -5.60. The molecule has 9 heteroatoms. The van der Waals surface area contributed by atoms with Crippen LogP contribution in [0.25, 0.3) is 90.9 Å². The molecule has 304 valence electrons. The van der Waals surface area contributed by atoms with Gasteiger partial charge in [-0.05, 0) is 130 Å². The summed E-state index contributed by atoms with van der Waals surface area (Å²) in [6.45, 7) is 19.4. The number of aromatic nitrogens is 4. The summed E-state index contributed by atoms with van der Waals surface area (Å²) in [6, 6.07) is 28.3. The Morgan fingerprint density at radius 3 is 0.968 bits per heavy atom. The van der Waals surface area contributed by atoms with Crippen molar-refractivity contribution in [1.82, 2.24) is 9.97 Å². The summed E-state index contributed by atoms with van der Waals surface area (Å²) < 4.78 is 12.3. The molecule has 8 bridgehead atoms. The van der Waals surface area contributed by atoms with Gasteiger partial charge in [-0.25, -0.2) is 9.97 Å². The summed E-state index contributed by atoms with van der Waals surface area (Å²) >= 11 is 0. The molecule has 5 heterocycles. The van der Waals surface area contributed by atoms with Crippen LogP contribution in [0.1, 0.15) is 72.8 Å². The van der Waals surface area contributed by atoms with Gasteiger partial charge in [0.15, 0.2) is 0 Å². The zero-order valence-electron chi connectivity index (χ0n) is 36.7. The number of aromatic amines is 2. The fourth-order valence-corrected chi connectivity index (χ4v) is 10.4. The van der Waals surface area contributed by atoms with E-state index in [2.05, 4.69) is 151 Å². The first kappa shape index (κ1) is 43.1. The van der Waals surface area contributed by atoms with Crippen molar-refractivity contribution in [2.75, 3.05) is 0 Å². The average molecular weight is 845 g/mol. The maximum Gasteiger partial charge on any atom is 2.00 e. The zero-order chi connectivity index (χ0) is 43.1. The van der Waals surface area contributed by atoms with Gasteiger partial charge >= 0.3 is 30.6 Å². The van der Waals surface area contributed by atoms with Crippen LogP contribution in [0.2, 0.25) is 0 Å². The summed E-state index contributed by atoms with van der Waals surface area (Å²) in [5, 5.41) is -0.0388. The number of nitrogens with one attached hydrogen (secondary N) is 2. The largest absolute Gasteiger partial charge is 2.00 e. The fraction of sp³-hybridized carbons (Fsp3) is 0.170. The topological polar surface area (TPSA) is 114 Å². The van der Waals surface area contributed by atoms with Gasteiger partial charge in [0, 0.05) is 46.6 Å². The van der Waals surface area contributed by atoms with Crippen molar-refractivity contribution in [1.29, 1.82) is 0 Å². The summed E-state index contributed by atoms with van der Waals surface area (Å²) in [7, 11) is -4.46. The number of nitrogens with zero attached hydrogens (tertiary/aromatic N) is 2. The molecule has 9 rings (SSSR count). The quantitative estimate of drug-likeness (QED) is 0.132. The molecule has 0 saturated carbocycles. The van der Waals surface area contributed by atoms with Crippen LogP contribution in [0.5, 0.6) is 0 Å². The Bertz CT molecular complexity index is 3170. The van der Waals surface area contributed by atoms with Crippen molar-refractivity contribution in [3.8, 4) is 44.5 Å². The molecule has 7 aromatic rings. The summed E-state index contributed by atoms with van der Waals surface area (Å²) in [5.41, 5.74) is 25.3. The van der Waals surface area contributed by atoms with Crippen molar-refractivity contribution >= 4 is 82.3 Å². The van der Waals surface area contributed by atoms with Gasteiger partial charge in [0.25, 0.3) is 0 Å². The molecule has 3 aromatic heterocycles. The van der Waals surface area contributed by atoms with E-state index in [9.17, 15) is 14.4 Å². The van der Waals surface area contributed by atoms with Gasteiger partial charge in [-0.2, -0.15) is 0 Å². The van der Waals surface area contributed by atoms with Gasteiger partial charge in [-0.15, -0.1) is 22.1 Å². The molecule has 7 nitrogen and oxygen atoms in total. The minimum atomic E-state index is -4.46. The summed E-state index contributed by atoms with van der Waals surface area (Å²) in [5.74, 6) is 0. The van der Waals surface area contributed by atoms with Gasteiger partial charge < -0.3 is 19.8 Å². The Morgan fingerprint density at radius 1 is 0.403 bits per heavy atom. The van der Waals surface area contributed by atoms with Gasteiger partial charge in [-0.3, -0.25) is 4.57 Å². The van der Waals surface area contributed by atoms with Crippen molar-refractivity contribution in [2.45, 2.75) is 62.3 Å². The molecule has 4 N–H and O–H groups in total. The number of hydrogen-bond acceptors (Lipinski definition) is 1. The van der Waals surface area contributed by atoms with Crippen LogP contribution in [-0.4, -0.2) is 32.8 Å². The maximum atomic E-state index is 12.3. The number of H-pyrrole nitrogens is 2. The number of fused-ring (bicyclic) bond motifs is 8. The van der Waals surface area contributed by atoms with Gasteiger partial charge in [0.05, 0.1) is 5.30 Å². The number of hydrogen-bond donors (Lipinski definition) is 2. The van der Waals surface area contributed by atoms with Gasteiger partial charge in [-0.1, -0.05) is 89.5 Å². The van der Waals surface area contributed by atoms with Gasteiger partial charge in [0.2, 0.25) is 22.8 Å².